The topological polar surface area (TPSA) is 159 Å². The molecule has 0 heterocycles. The molecule has 12 heteroatoms. The van der Waals surface area contributed by atoms with E-state index in [1.807, 2.05) is 13.8 Å². The SMILES string of the molecule is C=C[C@]1(C)C[C@@H](OC(=O)NC(=O)c2ccc(OP(=O)(O)O)cc2)[C@]2(C)[C@H](C)CCC3(C[C@H](F)C(=O)[C@H]32)C[C@@H]1O. The zero-order valence-electron chi connectivity index (χ0n) is 22.1. The maximum atomic E-state index is 15.0. The van der Waals surface area contributed by atoms with Gasteiger partial charge in [0, 0.05) is 22.3 Å². The summed E-state index contributed by atoms with van der Waals surface area (Å²) in [5, 5.41) is 13.4. The van der Waals surface area contributed by atoms with Gasteiger partial charge in [0.2, 0.25) is 0 Å². The van der Waals surface area contributed by atoms with E-state index in [0.29, 0.717) is 12.8 Å². The van der Waals surface area contributed by atoms with E-state index in [4.69, 9.17) is 14.5 Å². The second-order valence-electron chi connectivity index (χ2n) is 11.8. The third-order valence-corrected chi connectivity index (χ3v) is 9.95. The number of phosphoric acid groups is 1. The van der Waals surface area contributed by atoms with E-state index in [0.717, 1.165) is 12.1 Å². The summed E-state index contributed by atoms with van der Waals surface area (Å²) in [5.74, 6) is -2.42. The van der Waals surface area contributed by atoms with Gasteiger partial charge in [0.1, 0.15) is 11.9 Å². The highest BCUT2D eigenvalue weighted by molar-refractivity contribution is 7.46. The molecule has 3 fully saturated rings. The minimum absolute atomic E-state index is 0.00321. The number of hydrogen-bond acceptors (Lipinski definition) is 7. The van der Waals surface area contributed by atoms with E-state index in [9.17, 15) is 24.1 Å². The van der Waals surface area contributed by atoms with Crippen LogP contribution in [-0.2, 0) is 14.1 Å². The Morgan fingerprint density at radius 2 is 1.82 bits per heavy atom. The molecule has 3 aliphatic carbocycles. The third kappa shape index (κ3) is 5.29. The molecular weight excluding hydrogens is 532 g/mol. The number of ketones is 1. The van der Waals surface area contributed by atoms with Crippen LogP contribution < -0.4 is 9.84 Å². The van der Waals surface area contributed by atoms with Gasteiger partial charge >= 0.3 is 13.9 Å². The minimum atomic E-state index is -4.78. The van der Waals surface area contributed by atoms with Crippen molar-refractivity contribution in [3.05, 3.63) is 42.5 Å². The Morgan fingerprint density at radius 1 is 1.18 bits per heavy atom. The second-order valence-corrected chi connectivity index (χ2v) is 12.9. The highest BCUT2D eigenvalue weighted by Crippen LogP contribution is 2.66. The normalized spacial score (nSPS) is 38.1. The van der Waals surface area contributed by atoms with Gasteiger partial charge in [0.25, 0.3) is 5.91 Å². The number of carbonyl (C=O) groups excluding carboxylic acids is 3. The molecule has 1 unspecified atom stereocenters. The van der Waals surface area contributed by atoms with Crippen molar-refractivity contribution in [2.24, 2.45) is 28.1 Å². The number of phosphoric ester groups is 1. The van der Waals surface area contributed by atoms with Crippen LogP contribution in [0.2, 0.25) is 0 Å². The van der Waals surface area contributed by atoms with Crippen molar-refractivity contribution in [1.82, 2.24) is 5.32 Å². The summed E-state index contributed by atoms with van der Waals surface area (Å²) < 4.78 is 36.3. The van der Waals surface area contributed by atoms with Gasteiger partial charge in [-0.15, -0.1) is 6.58 Å². The van der Waals surface area contributed by atoms with Crippen LogP contribution >= 0.6 is 7.82 Å². The fourth-order valence-electron chi connectivity index (χ4n) is 7.07. The molecule has 3 saturated carbocycles. The van der Waals surface area contributed by atoms with Crippen LogP contribution in [0, 0.1) is 28.1 Å². The molecule has 214 valence electrons. The molecule has 39 heavy (non-hydrogen) atoms. The smallest absolute Gasteiger partial charge is 0.445 e. The zero-order valence-corrected chi connectivity index (χ0v) is 23.0. The molecule has 0 aliphatic heterocycles. The number of amides is 2. The molecule has 0 aromatic heterocycles. The third-order valence-electron chi connectivity index (χ3n) is 9.50. The number of alkyl halides is 1. The van der Waals surface area contributed by atoms with Crippen molar-refractivity contribution < 1.29 is 47.5 Å². The highest BCUT2D eigenvalue weighted by Gasteiger charge is 2.68. The Bertz CT molecular complexity index is 1220. The molecule has 4 rings (SSSR count). The predicted octanol–water partition coefficient (Wildman–Crippen LogP) is 4.09. The number of alkyl carbamates (subject to hydrolysis) is 1. The molecule has 0 spiro atoms. The average molecular weight is 568 g/mol. The predicted molar refractivity (Wildman–Crippen MR) is 137 cm³/mol. The number of carbonyl (C=O) groups is 3. The first-order valence-electron chi connectivity index (χ1n) is 12.9. The average Bonchev–Trinajstić information content (AvgIpc) is 3.09. The lowest BCUT2D eigenvalue weighted by Crippen LogP contribution is -2.60. The van der Waals surface area contributed by atoms with Crippen molar-refractivity contribution in [2.75, 3.05) is 0 Å². The maximum absolute atomic E-state index is 15.0. The fraction of sp³-hybridized carbons (Fsp3) is 0.593. The summed E-state index contributed by atoms with van der Waals surface area (Å²) in [4.78, 5) is 56.8. The molecule has 2 amide bonds. The Morgan fingerprint density at radius 3 is 2.41 bits per heavy atom. The number of imide groups is 1. The monoisotopic (exact) mass is 567 g/mol. The van der Waals surface area contributed by atoms with Crippen molar-refractivity contribution >= 4 is 25.6 Å². The number of halogens is 1. The van der Waals surface area contributed by atoms with Crippen LogP contribution in [0.15, 0.2) is 36.9 Å². The van der Waals surface area contributed by atoms with Gasteiger partial charge < -0.3 is 14.4 Å². The molecule has 0 saturated heterocycles. The van der Waals surface area contributed by atoms with Gasteiger partial charge in [-0.1, -0.05) is 26.8 Å². The summed E-state index contributed by atoms with van der Waals surface area (Å²) in [7, 11) is -4.78. The van der Waals surface area contributed by atoms with Crippen LogP contribution in [0.5, 0.6) is 5.75 Å². The molecule has 3 aliphatic rings. The van der Waals surface area contributed by atoms with Gasteiger partial charge in [0.15, 0.2) is 12.0 Å². The lowest BCUT2D eigenvalue weighted by molar-refractivity contribution is -0.173. The van der Waals surface area contributed by atoms with Gasteiger partial charge in [-0.3, -0.25) is 24.7 Å². The highest BCUT2D eigenvalue weighted by atomic mass is 31.2. The number of aliphatic hydroxyl groups is 1. The van der Waals surface area contributed by atoms with Crippen LogP contribution in [0.1, 0.15) is 63.2 Å². The standard InChI is InChI=1S/C27H35FNO9P/c1-5-25(3)14-20(37-24(33)29-23(32)16-6-8-17(9-7-16)38-39(34,35)36)26(4)15(2)10-11-27(13-19(25)30)12-18(28)21(31)22(26)27/h5-9,15,18-20,22,30H,1,10-14H2,2-4H3,(H,29,32,33)(H2,34,35,36)/t15-,18+,19+,20-,22+,25-,26+,27?/m1/s1. The molecule has 8 atom stereocenters. The maximum Gasteiger partial charge on any atom is 0.524 e. The Kier molecular flexibility index (Phi) is 7.62. The van der Waals surface area contributed by atoms with E-state index < -0.39 is 66.1 Å². The first-order valence-corrected chi connectivity index (χ1v) is 14.4. The lowest BCUT2D eigenvalue weighted by atomic mass is 9.46. The number of ether oxygens (including phenoxy) is 1. The van der Waals surface area contributed by atoms with Gasteiger partial charge in [-0.2, -0.15) is 0 Å². The summed E-state index contributed by atoms with van der Waals surface area (Å²) in [5.41, 5.74) is -2.64. The fourth-order valence-corrected chi connectivity index (χ4v) is 7.46. The largest absolute Gasteiger partial charge is 0.524 e. The molecule has 1 aromatic rings. The van der Waals surface area contributed by atoms with Crippen LogP contribution in [0.25, 0.3) is 0 Å². The molecule has 1 aromatic carbocycles. The number of nitrogens with one attached hydrogen (secondary N) is 1. The van der Waals surface area contributed by atoms with E-state index in [1.54, 1.807) is 13.0 Å². The van der Waals surface area contributed by atoms with E-state index >= 15 is 4.39 Å². The van der Waals surface area contributed by atoms with Gasteiger partial charge in [0.05, 0.1) is 6.10 Å². The summed E-state index contributed by atoms with van der Waals surface area (Å²) in [6.45, 7) is 9.47. The van der Waals surface area contributed by atoms with E-state index in [2.05, 4.69) is 16.4 Å². The van der Waals surface area contributed by atoms with Crippen LogP contribution in [-0.4, -0.2) is 51.1 Å². The first kappa shape index (κ1) is 29.4. The number of hydrogen-bond donors (Lipinski definition) is 4. The van der Waals surface area contributed by atoms with Gasteiger partial charge in [-0.25, -0.2) is 13.8 Å². The summed E-state index contributed by atoms with van der Waals surface area (Å²) in [6.07, 6.45) is -1.42. The first-order chi connectivity index (χ1) is 18.0. The number of aliphatic hydroxyl groups excluding tert-OH is 1. The van der Waals surface area contributed by atoms with Crippen LogP contribution in [0.3, 0.4) is 0 Å². The number of benzene rings is 1. The van der Waals surface area contributed by atoms with Crippen molar-refractivity contribution in [1.29, 1.82) is 0 Å². The molecule has 10 nitrogen and oxygen atoms in total. The minimum Gasteiger partial charge on any atom is -0.445 e. The van der Waals surface area contributed by atoms with E-state index in [-0.39, 0.29) is 36.5 Å². The Hall–Kier alpha value is -2.59. The summed E-state index contributed by atoms with van der Waals surface area (Å²) in [6, 6.07) is 4.75. The van der Waals surface area contributed by atoms with Crippen molar-refractivity contribution in [3.8, 4) is 5.75 Å². The number of Topliss-reactive ketones (excluding diaryl/α,β-unsaturated/α-hetero) is 1. The van der Waals surface area contributed by atoms with Gasteiger partial charge in [-0.05, 0) is 67.7 Å². The van der Waals surface area contributed by atoms with Crippen LogP contribution in [0.4, 0.5) is 9.18 Å². The van der Waals surface area contributed by atoms with Crippen molar-refractivity contribution in [2.45, 2.75) is 71.3 Å². The molecular formula is C27H35FNO9P. The number of rotatable bonds is 5. The second kappa shape index (κ2) is 10.1. The van der Waals surface area contributed by atoms with E-state index in [1.165, 1.54) is 12.1 Å². The summed E-state index contributed by atoms with van der Waals surface area (Å²) >= 11 is 0. The van der Waals surface area contributed by atoms with Crippen molar-refractivity contribution in [3.63, 3.8) is 0 Å². The lowest BCUT2D eigenvalue weighted by Gasteiger charge is -2.59. The Labute approximate surface area is 226 Å². The zero-order chi connectivity index (χ0) is 29.0. The molecule has 2 bridgehead atoms. The Balaban J connectivity index is 1.61. The molecule has 4 N–H and O–H groups in total. The quantitative estimate of drug-likeness (QED) is 0.304. The molecule has 0 radical (unpaired) electrons.